The predicted octanol–water partition coefficient (Wildman–Crippen LogP) is 0.891. The highest BCUT2D eigenvalue weighted by atomic mass is 16.5. The van der Waals surface area contributed by atoms with Crippen LogP contribution >= 0.6 is 0 Å². The molecule has 0 N–H and O–H groups in total. The van der Waals surface area contributed by atoms with Gasteiger partial charge in [-0.05, 0) is 6.42 Å². The summed E-state index contributed by atoms with van der Waals surface area (Å²) in [7, 11) is 3.50. The third kappa shape index (κ3) is 5.85. The number of hydrogen-bond donors (Lipinski definition) is 0. The molecule has 1 amide bonds. The molecule has 0 aromatic carbocycles. The molecule has 0 aliphatic carbocycles. The average molecular weight is 159 g/mol. The van der Waals surface area contributed by atoms with Crippen LogP contribution in [0, 0.1) is 0 Å². The molecule has 0 aromatic rings. The van der Waals surface area contributed by atoms with E-state index in [0.717, 1.165) is 13.0 Å². The van der Waals surface area contributed by atoms with E-state index in [4.69, 9.17) is 4.74 Å². The van der Waals surface area contributed by atoms with Crippen LogP contribution in [0.1, 0.15) is 19.8 Å². The second kappa shape index (κ2) is 6.16. The molecule has 0 radical (unpaired) electrons. The Kier molecular flexibility index (Phi) is 5.84. The molecule has 0 aliphatic rings. The van der Waals surface area contributed by atoms with Crippen LogP contribution in [0.4, 0.5) is 0 Å². The Morgan fingerprint density at radius 1 is 1.36 bits per heavy atom. The highest BCUT2D eigenvalue weighted by Gasteiger charge is 2.01. The van der Waals surface area contributed by atoms with E-state index < -0.39 is 0 Å². The Bertz CT molecular complexity index is 113. The van der Waals surface area contributed by atoms with Gasteiger partial charge < -0.3 is 9.64 Å². The second-order valence-corrected chi connectivity index (χ2v) is 2.65. The number of carbonyl (C=O) groups is 1. The van der Waals surface area contributed by atoms with Crippen molar-refractivity contribution in [3.63, 3.8) is 0 Å². The lowest BCUT2D eigenvalue weighted by atomic mass is 10.4. The van der Waals surface area contributed by atoms with E-state index in [1.807, 2.05) is 6.92 Å². The number of amides is 1. The van der Waals surface area contributed by atoms with E-state index in [2.05, 4.69) is 0 Å². The zero-order valence-corrected chi connectivity index (χ0v) is 7.59. The SMILES string of the molecule is CCCOCCC(=O)N(C)C. The molecule has 11 heavy (non-hydrogen) atoms. The van der Waals surface area contributed by atoms with Crippen LogP contribution < -0.4 is 0 Å². The van der Waals surface area contributed by atoms with Crippen molar-refractivity contribution in [2.24, 2.45) is 0 Å². The minimum atomic E-state index is 0.126. The van der Waals surface area contributed by atoms with Gasteiger partial charge in [0, 0.05) is 20.7 Å². The van der Waals surface area contributed by atoms with Crippen LogP contribution in [0.2, 0.25) is 0 Å². The van der Waals surface area contributed by atoms with E-state index >= 15 is 0 Å². The van der Waals surface area contributed by atoms with Crippen LogP contribution in [-0.2, 0) is 9.53 Å². The first-order chi connectivity index (χ1) is 5.18. The molecule has 0 spiro atoms. The zero-order chi connectivity index (χ0) is 8.69. The molecule has 0 fully saturated rings. The van der Waals surface area contributed by atoms with Gasteiger partial charge in [-0.25, -0.2) is 0 Å². The molecule has 0 aliphatic heterocycles. The Morgan fingerprint density at radius 2 is 2.00 bits per heavy atom. The van der Waals surface area contributed by atoms with Gasteiger partial charge in [-0.15, -0.1) is 0 Å². The summed E-state index contributed by atoms with van der Waals surface area (Å²) in [4.78, 5) is 12.5. The first-order valence-electron chi connectivity index (χ1n) is 3.96. The van der Waals surface area contributed by atoms with Gasteiger partial charge in [-0.1, -0.05) is 6.92 Å². The standard InChI is InChI=1S/C8H17NO2/c1-4-6-11-7-5-8(10)9(2)3/h4-7H2,1-3H3. The number of rotatable bonds is 5. The molecule has 0 rings (SSSR count). The number of nitrogens with zero attached hydrogens (tertiary/aromatic N) is 1. The number of hydrogen-bond acceptors (Lipinski definition) is 2. The van der Waals surface area contributed by atoms with Crippen molar-refractivity contribution in [1.82, 2.24) is 4.90 Å². The fourth-order valence-electron chi connectivity index (χ4n) is 0.629. The minimum absolute atomic E-state index is 0.126. The van der Waals surface area contributed by atoms with Crippen LogP contribution in [0.25, 0.3) is 0 Å². The lowest BCUT2D eigenvalue weighted by molar-refractivity contribution is -0.129. The Balaban J connectivity index is 3.18. The minimum Gasteiger partial charge on any atom is -0.381 e. The molecule has 0 saturated heterocycles. The van der Waals surface area contributed by atoms with Crippen molar-refractivity contribution in [2.45, 2.75) is 19.8 Å². The van der Waals surface area contributed by atoms with Crippen molar-refractivity contribution < 1.29 is 9.53 Å². The monoisotopic (exact) mass is 159 g/mol. The van der Waals surface area contributed by atoms with E-state index in [0.29, 0.717) is 13.0 Å². The molecule has 0 heterocycles. The van der Waals surface area contributed by atoms with Crippen molar-refractivity contribution in [2.75, 3.05) is 27.3 Å². The molecule has 3 nitrogen and oxygen atoms in total. The van der Waals surface area contributed by atoms with Gasteiger partial charge in [0.2, 0.25) is 5.91 Å². The Labute approximate surface area is 68.3 Å². The van der Waals surface area contributed by atoms with E-state index in [-0.39, 0.29) is 5.91 Å². The fraction of sp³-hybridized carbons (Fsp3) is 0.875. The van der Waals surface area contributed by atoms with Gasteiger partial charge in [0.15, 0.2) is 0 Å². The molecular weight excluding hydrogens is 142 g/mol. The maximum atomic E-state index is 11.0. The van der Waals surface area contributed by atoms with Gasteiger partial charge in [-0.3, -0.25) is 4.79 Å². The summed E-state index contributed by atoms with van der Waals surface area (Å²) in [5.74, 6) is 0.126. The topological polar surface area (TPSA) is 29.5 Å². The van der Waals surface area contributed by atoms with Gasteiger partial charge in [-0.2, -0.15) is 0 Å². The molecule has 0 aromatic heterocycles. The molecule has 3 heteroatoms. The van der Waals surface area contributed by atoms with Crippen LogP contribution in [-0.4, -0.2) is 38.1 Å². The molecule has 0 saturated carbocycles. The zero-order valence-electron chi connectivity index (χ0n) is 7.59. The molecule has 0 unspecified atom stereocenters. The van der Waals surface area contributed by atoms with E-state index in [1.165, 1.54) is 0 Å². The summed E-state index contributed by atoms with van der Waals surface area (Å²) in [5.41, 5.74) is 0. The maximum Gasteiger partial charge on any atom is 0.224 e. The molecular formula is C8H17NO2. The Hall–Kier alpha value is -0.570. The Morgan fingerprint density at radius 3 is 2.45 bits per heavy atom. The van der Waals surface area contributed by atoms with Crippen molar-refractivity contribution in [3.8, 4) is 0 Å². The third-order valence-electron chi connectivity index (χ3n) is 1.31. The maximum absolute atomic E-state index is 11.0. The lowest BCUT2D eigenvalue weighted by Crippen LogP contribution is -2.22. The summed E-state index contributed by atoms with van der Waals surface area (Å²) in [6.45, 7) is 3.35. The summed E-state index contributed by atoms with van der Waals surface area (Å²) in [6, 6.07) is 0. The van der Waals surface area contributed by atoms with Crippen LogP contribution in [0.3, 0.4) is 0 Å². The van der Waals surface area contributed by atoms with Crippen LogP contribution in [0.5, 0.6) is 0 Å². The first-order valence-corrected chi connectivity index (χ1v) is 3.96. The van der Waals surface area contributed by atoms with E-state index in [1.54, 1.807) is 19.0 Å². The van der Waals surface area contributed by atoms with Crippen molar-refractivity contribution >= 4 is 5.91 Å². The van der Waals surface area contributed by atoms with E-state index in [9.17, 15) is 4.79 Å². The van der Waals surface area contributed by atoms with Gasteiger partial charge in [0.05, 0.1) is 13.0 Å². The normalized spacial score (nSPS) is 9.73. The van der Waals surface area contributed by atoms with Gasteiger partial charge in [0.1, 0.15) is 0 Å². The highest BCUT2D eigenvalue weighted by molar-refractivity contribution is 5.75. The smallest absolute Gasteiger partial charge is 0.224 e. The summed E-state index contributed by atoms with van der Waals surface area (Å²) >= 11 is 0. The third-order valence-corrected chi connectivity index (χ3v) is 1.31. The lowest BCUT2D eigenvalue weighted by Gasteiger charge is -2.09. The summed E-state index contributed by atoms with van der Waals surface area (Å²) in [5, 5.41) is 0. The van der Waals surface area contributed by atoms with Gasteiger partial charge >= 0.3 is 0 Å². The second-order valence-electron chi connectivity index (χ2n) is 2.65. The predicted molar refractivity (Wildman–Crippen MR) is 44.4 cm³/mol. The summed E-state index contributed by atoms with van der Waals surface area (Å²) in [6.07, 6.45) is 1.50. The largest absolute Gasteiger partial charge is 0.381 e. The average Bonchev–Trinajstić information content (AvgIpc) is 1.97. The van der Waals surface area contributed by atoms with Gasteiger partial charge in [0.25, 0.3) is 0 Å². The summed E-state index contributed by atoms with van der Waals surface area (Å²) < 4.78 is 5.16. The highest BCUT2D eigenvalue weighted by Crippen LogP contribution is 1.89. The number of carbonyl (C=O) groups excluding carboxylic acids is 1. The number of ether oxygens (including phenoxy) is 1. The molecule has 0 bridgehead atoms. The van der Waals surface area contributed by atoms with Crippen molar-refractivity contribution in [3.05, 3.63) is 0 Å². The molecule has 66 valence electrons. The van der Waals surface area contributed by atoms with Crippen molar-refractivity contribution in [1.29, 1.82) is 0 Å². The van der Waals surface area contributed by atoms with Crippen LogP contribution in [0.15, 0.2) is 0 Å². The quantitative estimate of drug-likeness (QED) is 0.557. The molecule has 0 atom stereocenters. The fourth-order valence-corrected chi connectivity index (χ4v) is 0.629. The first kappa shape index (κ1) is 10.4.